The quantitative estimate of drug-likeness (QED) is 0.452. The minimum atomic E-state index is -3.41. The summed E-state index contributed by atoms with van der Waals surface area (Å²) < 4.78 is 90.7. The number of hydrogen-bond acceptors (Lipinski definition) is 2. The zero-order valence-corrected chi connectivity index (χ0v) is 11.3. The van der Waals surface area contributed by atoms with Crippen molar-refractivity contribution in [3.8, 4) is 0 Å². The van der Waals surface area contributed by atoms with E-state index in [-0.39, 0.29) is 12.0 Å². The van der Waals surface area contributed by atoms with Crippen LogP contribution in [0.2, 0.25) is 0 Å². The molecular formula is C13H9F5O2S. The molecule has 2 bridgehead atoms. The Bertz CT molecular complexity index is 740. The molecule has 2 nitrogen and oxygen atoms in total. The van der Waals surface area contributed by atoms with Crippen LogP contribution in [0.15, 0.2) is 6.08 Å². The number of rotatable bonds is 1. The van der Waals surface area contributed by atoms with Crippen molar-refractivity contribution in [1.82, 2.24) is 0 Å². The van der Waals surface area contributed by atoms with E-state index in [1.165, 1.54) is 0 Å². The summed E-state index contributed by atoms with van der Waals surface area (Å²) in [5, 5.41) is -1.74. The normalized spacial score (nSPS) is 26.8. The number of halogens is 5. The number of sulfone groups is 1. The third-order valence-corrected chi connectivity index (χ3v) is 6.57. The van der Waals surface area contributed by atoms with Crippen molar-refractivity contribution in [2.75, 3.05) is 0 Å². The van der Waals surface area contributed by atoms with Crippen molar-refractivity contribution in [2.24, 2.45) is 0 Å². The van der Waals surface area contributed by atoms with Gasteiger partial charge in [0, 0.05) is 0 Å². The third kappa shape index (κ3) is 1.91. The Kier molecular flexibility index (Phi) is 3.12. The van der Waals surface area contributed by atoms with Crippen LogP contribution in [0.1, 0.15) is 24.8 Å². The van der Waals surface area contributed by atoms with Crippen molar-refractivity contribution in [1.29, 1.82) is 0 Å². The van der Waals surface area contributed by atoms with E-state index in [1.807, 2.05) is 0 Å². The van der Waals surface area contributed by atoms with Gasteiger partial charge in [0.2, 0.25) is 5.82 Å². The predicted molar refractivity (Wildman–Crippen MR) is 64.6 cm³/mol. The van der Waals surface area contributed by atoms with E-state index in [2.05, 4.69) is 0 Å². The van der Waals surface area contributed by atoms with Gasteiger partial charge in [-0.3, -0.25) is 0 Å². The zero-order chi connectivity index (χ0) is 15.5. The van der Waals surface area contributed by atoms with Crippen LogP contribution >= 0.6 is 0 Å². The lowest BCUT2D eigenvalue weighted by atomic mass is 9.99. The van der Waals surface area contributed by atoms with Crippen LogP contribution in [0.25, 0.3) is 5.57 Å². The van der Waals surface area contributed by atoms with Gasteiger partial charge in [-0.1, -0.05) is 6.08 Å². The van der Waals surface area contributed by atoms with E-state index in [4.69, 9.17) is 0 Å². The number of fused-ring (bicyclic) bond motifs is 2. The minimum Gasteiger partial charge on any atom is -0.228 e. The first-order valence-electron chi connectivity index (χ1n) is 6.20. The molecule has 0 spiro atoms. The average molecular weight is 324 g/mol. The van der Waals surface area contributed by atoms with Gasteiger partial charge in [0.05, 0.1) is 16.1 Å². The molecule has 8 heteroatoms. The highest BCUT2D eigenvalue weighted by molar-refractivity contribution is 7.93. The maximum Gasteiger partial charge on any atom is 0.200 e. The van der Waals surface area contributed by atoms with E-state index >= 15 is 0 Å². The SMILES string of the molecule is O=S1(=O)C2C=C(c3c(F)c(F)c(F)c(F)c3F)CC1CC2. The largest absolute Gasteiger partial charge is 0.228 e. The Balaban J connectivity index is 2.20. The summed E-state index contributed by atoms with van der Waals surface area (Å²) in [5.41, 5.74) is -1.15. The summed E-state index contributed by atoms with van der Waals surface area (Å²) >= 11 is 0. The molecule has 1 saturated heterocycles. The molecule has 2 heterocycles. The van der Waals surface area contributed by atoms with Crippen molar-refractivity contribution >= 4 is 15.4 Å². The van der Waals surface area contributed by atoms with Crippen LogP contribution in [-0.2, 0) is 9.84 Å². The number of hydrogen-bond donors (Lipinski definition) is 0. The van der Waals surface area contributed by atoms with Gasteiger partial charge in [-0.2, -0.15) is 0 Å². The van der Waals surface area contributed by atoms with E-state index < -0.39 is 55.0 Å². The standard InChI is InChI=1S/C13H9F5O2S/c14-9-8(10(15)12(17)13(18)11(9)16)5-3-6-1-2-7(4-5)21(6,19)20/h3,6-7H,1-2,4H2. The molecule has 21 heavy (non-hydrogen) atoms. The van der Waals surface area contributed by atoms with Gasteiger partial charge in [0.15, 0.2) is 33.1 Å². The van der Waals surface area contributed by atoms with Crippen molar-refractivity contribution in [2.45, 2.75) is 29.8 Å². The summed E-state index contributed by atoms with van der Waals surface area (Å²) in [6.07, 6.45) is 1.49. The van der Waals surface area contributed by atoms with Gasteiger partial charge in [-0.15, -0.1) is 0 Å². The Morgan fingerprint density at radius 1 is 0.857 bits per heavy atom. The van der Waals surface area contributed by atoms with Crippen molar-refractivity contribution in [3.05, 3.63) is 40.7 Å². The maximum atomic E-state index is 13.7. The zero-order valence-electron chi connectivity index (χ0n) is 10.5. The van der Waals surface area contributed by atoms with Gasteiger partial charge in [0.1, 0.15) is 0 Å². The number of benzene rings is 1. The summed E-state index contributed by atoms with van der Waals surface area (Å²) in [5.74, 6) is -10.1. The lowest BCUT2D eigenvalue weighted by molar-refractivity contribution is 0.376. The smallest absolute Gasteiger partial charge is 0.200 e. The second-order valence-electron chi connectivity index (χ2n) is 5.17. The fourth-order valence-electron chi connectivity index (χ4n) is 2.93. The lowest BCUT2D eigenvalue weighted by Gasteiger charge is -2.21. The summed E-state index contributed by atoms with van der Waals surface area (Å²) in [6.45, 7) is 0. The Labute approximate surface area is 117 Å². The molecule has 114 valence electrons. The molecule has 2 atom stereocenters. The van der Waals surface area contributed by atoms with Crippen molar-refractivity contribution in [3.63, 3.8) is 0 Å². The summed E-state index contributed by atoms with van der Waals surface area (Å²) in [4.78, 5) is 0. The molecule has 2 unspecified atom stereocenters. The summed E-state index contributed by atoms with van der Waals surface area (Å²) in [7, 11) is -3.41. The predicted octanol–water partition coefficient (Wildman–Crippen LogP) is 3.12. The van der Waals surface area contributed by atoms with Crippen LogP contribution < -0.4 is 0 Å². The second kappa shape index (κ2) is 4.53. The first-order valence-corrected chi connectivity index (χ1v) is 7.81. The van der Waals surface area contributed by atoms with Gasteiger partial charge in [-0.05, 0) is 24.8 Å². The van der Waals surface area contributed by atoms with Gasteiger partial charge in [-0.25, -0.2) is 30.4 Å². The van der Waals surface area contributed by atoms with Crippen LogP contribution in [0.3, 0.4) is 0 Å². The lowest BCUT2D eigenvalue weighted by Crippen LogP contribution is -2.27. The highest BCUT2D eigenvalue weighted by Crippen LogP contribution is 2.42. The molecule has 2 aliphatic rings. The molecule has 3 rings (SSSR count). The topological polar surface area (TPSA) is 34.1 Å². The van der Waals surface area contributed by atoms with E-state index in [0.29, 0.717) is 12.8 Å². The fourth-order valence-corrected chi connectivity index (χ4v) is 5.12. The minimum absolute atomic E-state index is 0.134. The third-order valence-electron chi connectivity index (χ3n) is 4.03. The first kappa shape index (κ1) is 14.5. The molecule has 1 aromatic carbocycles. The molecule has 0 aromatic heterocycles. The average Bonchev–Trinajstić information content (AvgIpc) is 2.63. The molecule has 0 saturated carbocycles. The molecule has 2 aliphatic heterocycles. The molecule has 1 aromatic rings. The highest BCUT2D eigenvalue weighted by Gasteiger charge is 2.44. The molecule has 1 fully saturated rings. The Morgan fingerprint density at radius 3 is 1.90 bits per heavy atom. The molecule has 0 N–H and O–H groups in total. The maximum absolute atomic E-state index is 13.7. The van der Waals surface area contributed by atoms with E-state index in [1.54, 1.807) is 0 Å². The van der Waals surface area contributed by atoms with Crippen LogP contribution in [0.4, 0.5) is 22.0 Å². The van der Waals surface area contributed by atoms with Crippen LogP contribution in [0.5, 0.6) is 0 Å². The monoisotopic (exact) mass is 324 g/mol. The Morgan fingerprint density at radius 2 is 1.38 bits per heavy atom. The van der Waals surface area contributed by atoms with Gasteiger partial charge >= 0.3 is 0 Å². The molecule has 0 radical (unpaired) electrons. The van der Waals surface area contributed by atoms with E-state index in [9.17, 15) is 30.4 Å². The van der Waals surface area contributed by atoms with Crippen molar-refractivity contribution < 1.29 is 30.4 Å². The van der Waals surface area contributed by atoms with Crippen LogP contribution in [-0.4, -0.2) is 18.9 Å². The fraction of sp³-hybridized carbons (Fsp3) is 0.385. The first-order chi connectivity index (χ1) is 9.75. The second-order valence-corrected chi connectivity index (χ2v) is 7.62. The molecular weight excluding hydrogens is 315 g/mol. The molecule has 0 amide bonds. The van der Waals surface area contributed by atoms with Gasteiger partial charge < -0.3 is 0 Å². The van der Waals surface area contributed by atoms with Gasteiger partial charge in [0.25, 0.3) is 0 Å². The highest BCUT2D eigenvalue weighted by atomic mass is 32.2. The van der Waals surface area contributed by atoms with E-state index in [0.717, 1.165) is 6.08 Å². The number of allylic oxidation sites excluding steroid dienone is 1. The summed E-state index contributed by atoms with van der Waals surface area (Å²) in [6, 6.07) is 0. The van der Waals surface area contributed by atoms with Crippen LogP contribution in [0, 0.1) is 29.1 Å². The Hall–Kier alpha value is -1.44. The molecule has 0 aliphatic carbocycles.